The summed E-state index contributed by atoms with van der Waals surface area (Å²) in [5.74, 6) is -1.81. The minimum Gasteiger partial charge on any atom is -0.345 e. The Labute approximate surface area is 153 Å². The molecule has 1 aliphatic heterocycles. The van der Waals surface area contributed by atoms with Gasteiger partial charge in [-0.3, -0.25) is 19.8 Å². The average molecular weight is 388 g/mol. The summed E-state index contributed by atoms with van der Waals surface area (Å²) in [5.41, 5.74) is -2.09. The smallest absolute Gasteiger partial charge is 0.345 e. The van der Waals surface area contributed by atoms with Crippen molar-refractivity contribution in [2.75, 3.05) is 14.1 Å². The van der Waals surface area contributed by atoms with Gasteiger partial charge in [0.15, 0.2) is 0 Å². The monoisotopic (exact) mass is 388 g/mol. The van der Waals surface area contributed by atoms with Crippen LogP contribution in [0, 0.1) is 5.82 Å². The number of nitrogens with one attached hydrogen (secondary N) is 3. The predicted octanol–water partition coefficient (Wildman–Crippen LogP) is 1.27. The van der Waals surface area contributed by atoms with E-state index in [4.69, 9.17) is 0 Å². The lowest BCUT2D eigenvalue weighted by molar-refractivity contribution is -0.137. The van der Waals surface area contributed by atoms with Crippen LogP contribution >= 0.6 is 0 Å². The Hall–Kier alpha value is -2.20. The number of hydrogen-bond acceptors (Lipinski definition) is 4. The predicted molar refractivity (Wildman–Crippen MR) is 87.6 cm³/mol. The first kappa shape index (κ1) is 19.6. The third kappa shape index (κ3) is 4.06. The highest BCUT2D eigenvalue weighted by Crippen LogP contribution is 2.47. The molecule has 0 spiro atoms. The van der Waals surface area contributed by atoms with Gasteiger partial charge in [0.05, 0.1) is 23.6 Å². The molecule has 6 nitrogen and oxygen atoms in total. The van der Waals surface area contributed by atoms with Crippen molar-refractivity contribution < 1.29 is 27.2 Å². The Balaban J connectivity index is 1.75. The van der Waals surface area contributed by atoms with Crippen molar-refractivity contribution >= 4 is 11.8 Å². The van der Waals surface area contributed by atoms with Gasteiger partial charge in [-0.2, -0.15) is 13.2 Å². The second-order valence-electron chi connectivity index (χ2n) is 7.12. The molecule has 3 N–H and O–H groups in total. The van der Waals surface area contributed by atoms with E-state index in [1.165, 1.54) is 0 Å². The molecule has 2 amide bonds. The topological polar surface area (TPSA) is 73.5 Å². The molecule has 3 rings (SSSR count). The minimum atomic E-state index is -4.64. The van der Waals surface area contributed by atoms with Crippen molar-refractivity contribution in [1.82, 2.24) is 20.9 Å². The molecule has 10 heteroatoms. The Morgan fingerprint density at radius 2 is 1.96 bits per heavy atom. The van der Waals surface area contributed by atoms with Crippen LogP contribution < -0.4 is 16.0 Å². The number of halogens is 4. The Morgan fingerprint density at radius 3 is 2.48 bits per heavy atom. The zero-order valence-corrected chi connectivity index (χ0v) is 14.8. The zero-order valence-electron chi connectivity index (χ0n) is 14.8. The molecule has 0 aromatic heterocycles. The number of amides is 2. The quantitative estimate of drug-likeness (QED) is 0.680. The standard InChI is InChI=1S/C17H20F4N4O2/c1-25(2)15-22-12(8-13(26)23-15)14(27)24-16(5-6-16)10-4-3-9(7-11(10)18)17(19,20)21/h3-4,7,12,15,22H,5-6,8H2,1-2H3,(H,23,26)(H,24,27). The number of benzene rings is 1. The molecule has 0 bridgehead atoms. The lowest BCUT2D eigenvalue weighted by Gasteiger charge is -2.35. The zero-order chi connectivity index (χ0) is 20.0. The van der Waals surface area contributed by atoms with Crippen LogP contribution in [0.3, 0.4) is 0 Å². The van der Waals surface area contributed by atoms with E-state index < -0.39 is 41.3 Å². The number of carbonyl (C=O) groups is 2. The molecule has 2 atom stereocenters. The van der Waals surface area contributed by atoms with Crippen LogP contribution in [-0.4, -0.2) is 43.1 Å². The first-order valence-electron chi connectivity index (χ1n) is 8.43. The summed E-state index contributed by atoms with van der Waals surface area (Å²) in [4.78, 5) is 26.1. The number of rotatable bonds is 4. The van der Waals surface area contributed by atoms with Gasteiger partial charge < -0.3 is 10.6 Å². The summed E-state index contributed by atoms with van der Waals surface area (Å²) in [5, 5.41) is 8.35. The fraction of sp³-hybridized carbons (Fsp3) is 0.529. The van der Waals surface area contributed by atoms with Gasteiger partial charge in [0.1, 0.15) is 12.1 Å². The largest absolute Gasteiger partial charge is 0.416 e. The van der Waals surface area contributed by atoms with E-state index in [0.717, 1.165) is 12.1 Å². The van der Waals surface area contributed by atoms with Crippen molar-refractivity contribution in [2.45, 2.75) is 43.3 Å². The molecular formula is C17H20F4N4O2. The van der Waals surface area contributed by atoms with Crippen LogP contribution in [0.15, 0.2) is 18.2 Å². The van der Waals surface area contributed by atoms with E-state index in [1.807, 2.05) is 0 Å². The van der Waals surface area contributed by atoms with Gasteiger partial charge in [0, 0.05) is 5.56 Å². The summed E-state index contributed by atoms with van der Waals surface area (Å²) in [7, 11) is 3.44. The van der Waals surface area contributed by atoms with Crippen molar-refractivity contribution in [3.8, 4) is 0 Å². The molecule has 1 aromatic rings. The Kier molecular flexibility index (Phi) is 4.89. The van der Waals surface area contributed by atoms with E-state index in [0.29, 0.717) is 18.9 Å². The van der Waals surface area contributed by atoms with Crippen molar-refractivity contribution in [2.24, 2.45) is 0 Å². The Morgan fingerprint density at radius 1 is 1.30 bits per heavy atom. The van der Waals surface area contributed by atoms with E-state index >= 15 is 0 Å². The number of nitrogens with zero attached hydrogens (tertiary/aromatic N) is 1. The summed E-state index contributed by atoms with van der Waals surface area (Å²) in [6.07, 6.45) is -4.42. The highest BCUT2D eigenvalue weighted by atomic mass is 19.4. The van der Waals surface area contributed by atoms with Gasteiger partial charge in [-0.05, 0) is 39.1 Å². The molecular weight excluding hydrogens is 368 g/mol. The summed E-state index contributed by atoms with van der Waals surface area (Å²) >= 11 is 0. The average Bonchev–Trinajstić information content (AvgIpc) is 3.33. The Bertz CT molecular complexity index is 762. The van der Waals surface area contributed by atoms with Crippen LogP contribution in [0.25, 0.3) is 0 Å². The summed E-state index contributed by atoms with van der Waals surface area (Å²) in [6, 6.07) is 1.49. The number of carbonyl (C=O) groups excluding carboxylic acids is 2. The third-order valence-electron chi connectivity index (χ3n) is 4.80. The minimum absolute atomic E-state index is 0.0215. The second-order valence-corrected chi connectivity index (χ2v) is 7.12. The maximum atomic E-state index is 14.3. The van der Waals surface area contributed by atoms with Crippen LogP contribution in [-0.2, 0) is 21.3 Å². The lowest BCUT2D eigenvalue weighted by Crippen LogP contribution is -2.65. The molecule has 1 heterocycles. The molecule has 2 fully saturated rings. The van der Waals surface area contributed by atoms with Crippen molar-refractivity contribution in [3.63, 3.8) is 0 Å². The first-order valence-corrected chi connectivity index (χ1v) is 8.43. The molecule has 1 saturated heterocycles. The van der Waals surface area contributed by atoms with Crippen LogP contribution in [0.4, 0.5) is 17.6 Å². The highest BCUT2D eigenvalue weighted by Gasteiger charge is 2.49. The molecule has 2 unspecified atom stereocenters. The van der Waals surface area contributed by atoms with E-state index in [-0.39, 0.29) is 17.9 Å². The van der Waals surface area contributed by atoms with E-state index in [9.17, 15) is 27.2 Å². The van der Waals surface area contributed by atoms with Crippen LogP contribution in [0.5, 0.6) is 0 Å². The maximum absolute atomic E-state index is 14.3. The summed E-state index contributed by atoms with van der Waals surface area (Å²) in [6.45, 7) is 0. The highest BCUT2D eigenvalue weighted by molar-refractivity contribution is 5.90. The van der Waals surface area contributed by atoms with Gasteiger partial charge in [-0.25, -0.2) is 4.39 Å². The first-order chi connectivity index (χ1) is 12.5. The van der Waals surface area contributed by atoms with Gasteiger partial charge >= 0.3 is 6.18 Å². The van der Waals surface area contributed by atoms with Gasteiger partial charge in [-0.15, -0.1) is 0 Å². The SMILES string of the molecule is CN(C)C1NC(=O)CC(C(=O)NC2(c3ccc(C(F)(F)F)cc3F)CC2)N1. The molecule has 2 aliphatic rings. The maximum Gasteiger partial charge on any atom is 0.416 e. The normalized spacial score (nSPS) is 24.5. The molecule has 1 aromatic carbocycles. The number of hydrogen-bond donors (Lipinski definition) is 3. The number of alkyl halides is 3. The molecule has 27 heavy (non-hydrogen) atoms. The second kappa shape index (κ2) is 6.75. The lowest BCUT2D eigenvalue weighted by atomic mass is 10.0. The molecule has 1 aliphatic carbocycles. The third-order valence-corrected chi connectivity index (χ3v) is 4.80. The van der Waals surface area contributed by atoms with Crippen LogP contribution in [0.1, 0.15) is 30.4 Å². The van der Waals surface area contributed by atoms with E-state index in [2.05, 4.69) is 16.0 Å². The van der Waals surface area contributed by atoms with Gasteiger partial charge in [0.2, 0.25) is 11.8 Å². The van der Waals surface area contributed by atoms with Crippen molar-refractivity contribution in [3.05, 3.63) is 35.1 Å². The molecule has 1 saturated carbocycles. The molecule has 148 valence electrons. The summed E-state index contributed by atoms with van der Waals surface area (Å²) < 4.78 is 52.5. The fourth-order valence-corrected chi connectivity index (χ4v) is 3.12. The van der Waals surface area contributed by atoms with Gasteiger partial charge in [-0.1, -0.05) is 6.07 Å². The molecule has 0 radical (unpaired) electrons. The van der Waals surface area contributed by atoms with E-state index in [1.54, 1.807) is 19.0 Å². The van der Waals surface area contributed by atoms with Crippen molar-refractivity contribution in [1.29, 1.82) is 0 Å². The van der Waals surface area contributed by atoms with Crippen LogP contribution in [0.2, 0.25) is 0 Å². The fourth-order valence-electron chi connectivity index (χ4n) is 3.12. The van der Waals surface area contributed by atoms with Gasteiger partial charge in [0.25, 0.3) is 0 Å².